The van der Waals surface area contributed by atoms with Crippen molar-refractivity contribution in [2.45, 2.75) is 38.6 Å². The van der Waals surface area contributed by atoms with Crippen molar-refractivity contribution in [1.29, 1.82) is 0 Å². The quantitative estimate of drug-likeness (QED) is 0.180. The average molecular weight is 609 g/mol. The van der Waals surface area contributed by atoms with Crippen LogP contribution >= 0.6 is 0 Å². The van der Waals surface area contributed by atoms with Crippen LogP contribution in [0, 0.1) is 16.0 Å². The molecule has 45 heavy (non-hydrogen) atoms. The van der Waals surface area contributed by atoms with Gasteiger partial charge in [-0.3, -0.25) is 15.0 Å². The molecule has 4 aromatic carbocycles. The van der Waals surface area contributed by atoms with Crippen molar-refractivity contribution in [3.05, 3.63) is 129 Å². The van der Waals surface area contributed by atoms with E-state index in [1.807, 2.05) is 48.5 Å². The number of hydrogen-bond acceptors (Lipinski definition) is 8. The summed E-state index contributed by atoms with van der Waals surface area (Å²) in [7, 11) is 0. The van der Waals surface area contributed by atoms with E-state index in [-0.39, 0.29) is 35.3 Å². The van der Waals surface area contributed by atoms with Crippen LogP contribution in [0.25, 0.3) is 11.1 Å². The minimum atomic E-state index is -0.528. The highest BCUT2D eigenvalue weighted by Crippen LogP contribution is 2.42. The minimum Gasteiger partial charge on any atom is -0.392 e. The number of anilines is 1. The van der Waals surface area contributed by atoms with Gasteiger partial charge in [-0.1, -0.05) is 73.7 Å². The van der Waals surface area contributed by atoms with E-state index in [4.69, 9.17) is 15.2 Å². The zero-order valence-corrected chi connectivity index (χ0v) is 25.5. The van der Waals surface area contributed by atoms with Crippen LogP contribution in [-0.4, -0.2) is 53.8 Å². The summed E-state index contributed by atoms with van der Waals surface area (Å²) in [5.41, 5.74) is 13.2. The molecule has 0 unspecified atom stereocenters. The number of nitro benzene ring substituents is 1. The van der Waals surface area contributed by atoms with Crippen LogP contribution in [0.1, 0.15) is 41.6 Å². The van der Waals surface area contributed by atoms with Crippen LogP contribution in [0.2, 0.25) is 0 Å². The minimum absolute atomic E-state index is 0.00209. The number of rotatable bonds is 9. The maximum Gasteiger partial charge on any atom is 0.269 e. The maximum absolute atomic E-state index is 11.0. The zero-order valence-electron chi connectivity index (χ0n) is 25.5. The van der Waals surface area contributed by atoms with Gasteiger partial charge in [0, 0.05) is 68.6 Å². The van der Waals surface area contributed by atoms with Crippen LogP contribution in [-0.2, 0) is 22.6 Å². The number of benzene rings is 4. The van der Waals surface area contributed by atoms with Gasteiger partial charge in [-0.2, -0.15) is 0 Å². The molecule has 2 saturated heterocycles. The molecular formula is C36H40N4O5. The molecule has 6 rings (SSSR count). The highest BCUT2D eigenvalue weighted by Gasteiger charge is 2.39. The lowest BCUT2D eigenvalue weighted by atomic mass is 9.89. The summed E-state index contributed by atoms with van der Waals surface area (Å²) in [4.78, 5) is 15.4. The second-order valence-corrected chi connectivity index (χ2v) is 11.9. The third-order valence-corrected chi connectivity index (χ3v) is 9.04. The van der Waals surface area contributed by atoms with Gasteiger partial charge in [-0.05, 0) is 46.0 Å². The lowest BCUT2D eigenvalue weighted by Crippen LogP contribution is -2.51. The lowest BCUT2D eigenvalue weighted by Gasteiger charge is -2.44. The van der Waals surface area contributed by atoms with Crippen molar-refractivity contribution >= 4 is 11.4 Å². The number of hydrogen-bond donors (Lipinski definition) is 2. The van der Waals surface area contributed by atoms with Gasteiger partial charge < -0.3 is 25.2 Å². The van der Waals surface area contributed by atoms with Crippen molar-refractivity contribution < 1.29 is 19.5 Å². The first kappa shape index (κ1) is 30.9. The number of nitrogens with zero attached hydrogens (tertiary/aromatic N) is 3. The summed E-state index contributed by atoms with van der Waals surface area (Å²) < 4.78 is 13.4. The molecule has 0 bridgehead atoms. The fraction of sp³-hybridized carbons (Fsp3) is 0.333. The van der Waals surface area contributed by atoms with E-state index in [9.17, 15) is 15.2 Å². The van der Waals surface area contributed by atoms with E-state index in [0.717, 1.165) is 71.8 Å². The number of aliphatic hydroxyl groups is 1. The van der Waals surface area contributed by atoms with E-state index in [1.165, 1.54) is 0 Å². The van der Waals surface area contributed by atoms with E-state index in [0.29, 0.717) is 6.54 Å². The van der Waals surface area contributed by atoms with Crippen LogP contribution in [0.3, 0.4) is 0 Å². The third-order valence-electron chi connectivity index (χ3n) is 9.04. The van der Waals surface area contributed by atoms with Gasteiger partial charge >= 0.3 is 0 Å². The van der Waals surface area contributed by atoms with Crippen molar-refractivity contribution in [3.63, 3.8) is 0 Å². The highest BCUT2D eigenvalue weighted by molar-refractivity contribution is 5.64. The summed E-state index contributed by atoms with van der Waals surface area (Å²) in [5.74, 6) is 0.0900. The Labute approximate surface area is 264 Å². The predicted molar refractivity (Wildman–Crippen MR) is 174 cm³/mol. The fourth-order valence-electron chi connectivity index (χ4n) is 6.27. The van der Waals surface area contributed by atoms with Gasteiger partial charge in [0.25, 0.3) is 5.69 Å². The number of nitrogens with two attached hydrogens (primary N) is 1. The predicted octanol–water partition coefficient (Wildman–Crippen LogP) is 5.83. The summed E-state index contributed by atoms with van der Waals surface area (Å²) >= 11 is 0. The monoisotopic (exact) mass is 608 g/mol. The van der Waals surface area contributed by atoms with Crippen molar-refractivity contribution in [3.8, 4) is 11.1 Å². The standard InChI is InChI=1S/C36H40N4O5/c1-25-34(23-38-17-19-39(20-18-38)32-13-15-33(16-14-32)40(42)43)44-36(45-35(25)29-7-5-26(24-41)6-8-29)30-11-9-28(10-12-30)31-4-2-3-27(21-31)22-37/h2-16,21,25,34-36,41H,17-20,22-24,37H2,1H3/t25-,34+,35+,36+/m1/s1. The molecule has 4 atom stereocenters. The zero-order chi connectivity index (χ0) is 31.3. The molecule has 0 spiro atoms. The normalized spacial score (nSPS) is 22.3. The molecule has 0 aromatic heterocycles. The number of nitro groups is 1. The van der Waals surface area contributed by atoms with Gasteiger partial charge in [-0.25, -0.2) is 0 Å². The molecule has 2 fully saturated rings. The van der Waals surface area contributed by atoms with Crippen molar-refractivity contribution in [2.24, 2.45) is 11.7 Å². The molecule has 0 radical (unpaired) electrons. The van der Waals surface area contributed by atoms with Crippen LogP contribution < -0.4 is 10.6 Å². The van der Waals surface area contributed by atoms with Crippen molar-refractivity contribution in [1.82, 2.24) is 4.90 Å². The molecule has 2 aliphatic rings. The Kier molecular flexibility index (Phi) is 9.53. The molecule has 9 nitrogen and oxygen atoms in total. The Morgan fingerprint density at radius 2 is 1.53 bits per heavy atom. The molecule has 9 heteroatoms. The lowest BCUT2D eigenvalue weighted by molar-refractivity contribution is -0.384. The molecule has 2 aliphatic heterocycles. The van der Waals surface area contributed by atoms with E-state index in [1.54, 1.807) is 12.1 Å². The van der Waals surface area contributed by atoms with Gasteiger partial charge in [0.1, 0.15) is 0 Å². The molecule has 2 heterocycles. The largest absolute Gasteiger partial charge is 0.392 e. The highest BCUT2D eigenvalue weighted by atomic mass is 16.7. The van der Waals surface area contributed by atoms with Crippen LogP contribution in [0.5, 0.6) is 0 Å². The molecular weight excluding hydrogens is 568 g/mol. The molecule has 0 amide bonds. The molecule has 234 valence electrons. The van der Waals surface area contributed by atoms with E-state index < -0.39 is 6.29 Å². The third kappa shape index (κ3) is 7.08. The van der Waals surface area contributed by atoms with Crippen LogP contribution in [0.15, 0.2) is 97.1 Å². The number of non-ortho nitro benzene ring substituents is 1. The van der Waals surface area contributed by atoms with E-state index in [2.05, 4.69) is 53.1 Å². The van der Waals surface area contributed by atoms with Crippen LogP contribution in [0.4, 0.5) is 11.4 Å². The summed E-state index contributed by atoms with van der Waals surface area (Å²) in [6.07, 6.45) is -0.776. The first-order chi connectivity index (χ1) is 21.9. The van der Waals surface area contributed by atoms with Crippen molar-refractivity contribution in [2.75, 3.05) is 37.6 Å². The maximum atomic E-state index is 11.0. The summed E-state index contributed by atoms with van der Waals surface area (Å²) in [6.45, 7) is 6.85. The summed E-state index contributed by atoms with van der Waals surface area (Å²) in [6, 6.07) is 31.4. The van der Waals surface area contributed by atoms with Gasteiger partial charge in [0.15, 0.2) is 6.29 Å². The Morgan fingerprint density at radius 3 is 2.18 bits per heavy atom. The van der Waals surface area contributed by atoms with Gasteiger partial charge in [0.2, 0.25) is 0 Å². The topological polar surface area (TPSA) is 114 Å². The Bertz CT molecular complexity index is 1570. The van der Waals surface area contributed by atoms with Gasteiger partial charge in [0.05, 0.1) is 23.7 Å². The number of piperazine rings is 1. The smallest absolute Gasteiger partial charge is 0.269 e. The Balaban J connectivity index is 1.18. The number of aliphatic hydroxyl groups excluding tert-OH is 1. The molecule has 3 N–H and O–H groups in total. The summed E-state index contributed by atoms with van der Waals surface area (Å²) in [5, 5.41) is 20.6. The van der Waals surface area contributed by atoms with E-state index >= 15 is 0 Å². The average Bonchev–Trinajstić information content (AvgIpc) is 3.09. The fourth-order valence-corrected chi connectivity index (χ4v) is 6.27. The SMILES string of the molecule is C[C@@H]1[C@H](CN2CCN(c3ccc([N+](=O)[O-])cc3)CC2)O[C@H](c2ccc(-c3cccc(CN)c3)cc2)O[C@@H]1c1ccc(CO)cc1. The number of ether oxygens (including phenoxy) is 2. The molecule has 0 saturated carbocycles. The Hall–Kier alpha value is -4.12. The van der Waals surface area contributed by atoms with Gasteiger partial charge in [-0.15, -0.1) is 0 Å². The molecule has 0 aliphatic carbocycles. The second kappa shape index (κ2) is 13.9. The molecule has 4 aromatic rings. The second-order valence-electron chi connectivity index (χ2n) is 11.9. The first-order valence-corrected chi connectivity index (χ1v) is 15.5. The first-order valence-electron chi connectivity index (χ1n) is 15.5. The Morgan fingerprint density at radius 1 is 0.844 bits per heavy atom.